The SMILES string of the molecule is CCCN(Cc1nnc(-c2cccs2)o1)C(=O)COC(=O)c1ccoc1C. The van der Waals surface area contributed by atoms with E-state index in [0.29, 0.717) is 29.6 Å². The van der Waals surface area contributed by atoms with E-state index in [0.717, 1.165) is 11.3 Å². The second-order valence-electron chi connectivity index (χ2n) is 5.76. The first-order chi connectivity index (χ1) is 13.1. The Bertz CT molecular complexity index is 900. The van der Waals surface area contributed by atoms with Crippen LogP contribution in [0.4, 0.5) is 0 Å². The summed E-state index contributed by atoms with van der Waals surface area (Å²) in [6.07, 6.45) is 2.14. The summed E-state index contributed by atoms with van der Waals surface area (Å²) in [6.45, 7) is 3.88. The number of hydrogen-bond donors (Lipinski definition) is 0. The van der Waals surface area contributed by atoms with Crippen molar-refractivity contribution in [2.24, 2.45) is 0 Å². The van der Waals surface area contributed by atoms with E-state index in [1.54, 1.807) is 6.92 Å². The molecule has 1 amide bonds. The molecule has 0 saturated carbocycles. The van der Waals surface area contributed by atoms with Gasteiger partial charge in [-0.05, 0) is 30.9 Å². The van der Waals surface area contributed by atoms with E-state index in [4.69, 9.17) is 13.6 Å². The molecule has 0 fully saturated rings. The number of thiophene rings is 1. The molecule has 0 aliphatic rings. The molecule has 3 aromatic rings. The number of amides is 1. The molecule has 3 rings (SSSR count). The summed E-state index contributed by atoms with van der Waals surface area (Å²) >= 11 is 1.49. The highest BCUT2D eigenvalue weighted by Gasteiger charge is 2.20. The first kappa shape index (κ1) is 18.8. The lowest BCUT2D eigenvalue weighted by molar-refractivity contribution is -0.135. The van der Waals surface area contributed by atoms with Crippen molar-refractivity contribution in [2.75, 3.05) is 13.2 Å². The second kappa shape index (κ2) is 8.63. The molecule has 3 heterocycles. The van der Waals surface area contributed by atoms with Gasteiger partial charge in [-0.1, -0.05) is 13.0 Å². The summed E-state index contributed by atoms with van der Waals surface area (Å²) < 4.78 is 15.8. The third-order valence-electron chi connectivity index (χ3n) is 3.78. The molecule has 0 aliphatic heterocycles. The molecule has 0 aromatic carbocycles. The Balaban J connectivity index is 1.60. The van der Waals surface area contributed by atoms with Gasteiger partial charge >= 0.3 is 5.97 Å². The van der Waals surface area contributed by atoms with Crippen LogP contribution < -0.4 is 0 Å². The molecule has 0 aliphatic carbocycles. The molecule has 3 aromatic heterocycles. The molecular formula is C18H19N3O5S. The molecule has 9 heteroatoms. The van der Waals surface area contributed by atoms with Gasteiger partial charge < -0.3 is 18.5 Å². The van der Waals surface area contributed by atoms with Gasteiger partial charge in [-0.3, -0.25) is 4.79 Å². The number of ether oxygens (including phenoxy) is 1. The van der Waals surface area contributed by atoms with E-state index in [9.17, 15) is 9.59 Å². The van der Waals surface area contributed by atoms with Crippen LogP contribution in [0.5, 0.6) is 0 Å². The second-order valence-corrected chi connectivity index (χ2v) is 6.71. The predicted molar refractivity (Wildman–Crippen MR) is 97.0 cm³/mol. The van der Waals surface area contributed by atoms with Gasteiger partial charge in [0.25, 0.3) is 11.8 Å². The van der Waals surface area contributed by atoms with Gasteiger partial charge in [-0.25, -0.2) is 4.79 Å². The third-order valence-corrected chi connectivity index (χ3v) is 4.63. The van der Waals surface area contributed by atoms with Crippen molar-refractivity contribution in [2.45, 2.75) is 26.8 Å². The van der Waals surface area contributed by atoms with E-state index in [-0.39, 0.29) is 19.1 Å². The Morgan fingerprint density at radius 2 is 2.15 bits per heavy atom. The van der Waals surface area contributed by atoms with Gasteiger partial charge in [0, 0.05) is 6.54 Å². The van der Waals surface area contributed by atoms with Crippen molar-refractivity contribution >= 4 is 23.2 Å². The summed E-state index contributed by atoms with van der Waals surface area (Å²) in [5.41, 5.74) is 0.308. The Hall–Kier alpha value is -2.94. The molecule has 0 radical (unpaired) electrons. The highest BCUT2D eigenvalue weighted by Crippen LogP contribution is 2.23. The quantitative estimate of drug-likeness (QED) is 0.545. The number of hydrogen-bond acceptors (Lipinski definition) is 8. The van der Waals surface area contributed by atoms with Crippen LogP contribution in [0.15, 0.2) is 38.7 Å². The number of aryl methyl sites for hydroxylation is 1. The van der Waals surface area contributed by atoms with Crippen LogP contribution in [0.25, 0.3) is 10.8 Å². The molecule has 142 valence electrons. The van der Waals surface area contributed by atoms with E-state index in [1.165, 1.54) is 28.6 Å². The van der Waals surface area contributed by atoms with E-state index >= 15 is 0 Å². The molecule has 0 unspecified atom stereocenters. The normalized spacial score (nSPS) is 10.7. The number of furan rings is 1. The van der Waals surface area contributed by atoms with Crippen LogP contribution in [0, 0.1) is 6.92 Å². The van der Waals surface area contributed by atoms with Gasteiger partial charge in [-0.2, -0.15) is 0 Å². The van der Waals surface area contributed by atoms with Crippen LogP contribution in [0.2, 0.25) is 0 Å². The highest BCUT2D eigenvalue weighted by molar-refractivity contribution is 7.13. The molecule has 0 saturated heterocycles. The minimum atomic E-state index is -0.594. The van der Waals surface area contributed by atoms with Crippen LogP contribution in [0.1, 0.15) is 35.4 Å². The maximum absolute atomic E-state index is 12.5. The third kappa shape index (κ3) is 4.62. The standard InChI is InChI=1S/C18H19N3O5S/c1-3-7-21(10-15-19-20-17(26-15)14-5-4-9-27-14)16(22)11-25-18(23)13-6-8-24-12(13)2/h4-6,8-9H,3,7,10-11H2,1-2H3. The van der Waals surface area contributed by atoms with Gasteiger partial charge in [0.05, 0.1) is 17.7 Å². The van der Waals surface area contributed by atoms with Gasteiger partial charge in [-0.15, -0.1) is 21.5 Å². The zero-order chi connectivity index (χ0) is 19.2. The highest BCUT2D eigenvalue weighted by atomic mass is 32.1. The van der Waals surface area contributed by atoms with Gasteiger partial charge in [0.2, 0.25) is 5.89 Å². The summed E-state index contributed by atoms with van der Waals surface area (Å²) in [5, 5.41) is 9.93. The van der Waals surface area contributed by atoms with Crippen LogP contribution in [-0.4, -0.2) is 40.1 Å². The van der Waals surface area contributed by atoms with Gasteiger partial charge in [0.15, 0.2) is 6.61 Å². The maximum Gasteiger partial charge on any atom is 0.342 e. The lowest BCUT2D eigenvalue weighted by Gasteiger charge is -2.20. The molecule has 0 bridgehead atoms. The summed E-state index contributed by atoms with van der Waals surface area (Å²) in [4.78, 5) is 26.9. The zero-order valence-corrected chi connectivity index (χ0v) is 15.8. The maximum atomic E-state index is 12.5. The smallest absolute Gasteiger partial charge is 0.342 e. The van der Waals surface area contributed by atoms with Crippen molar-refractivity contribution in [1.29, 1.82) is 0 Å². The van der Waals surface area contributed by atoms with Crippen LogP contribution in [-0.2, 0) is 16.1 Å². The topological polar surface area (TPSA) is 98.7 Å². The molecule has 8 nitrogen and oxygen atoms in total. The van der Waals surface area contributed by atoms with Crippen molar-refractivity contribution in [3.05, 3.63) is 47.1 Å². The average Bonchev–Trinajstić information content (AvgIpc) is 3.40. The Morgan fingerprint density at radius 1 is 1.30 bits per heavy atom. The Labute approximate surface area is 159 Å². The first-order valence-corrected chi connectivity index (χ1v) is 9.31. The van der Waals surface area contributed by atoms with Crippen molar-refractivity contribution in [1.82, 2.24) is 15.1 Å². The number of carbonyl (C=O) groups excluding carboxylic acids is 2. The fraction of sp³-hybridized carbons (Fsp3) is 0.333. The van der Waals surface area contributed by atoms with Gasteiger partial charge in [0.1, 0.15) is 11.3 Å². The zero-order valence-electron chi connectivity index (χ0n) is 15.0. The molecule has 0 spiro atoms. The Kier molecular flexibility index (Phi) is 6.02. The minimum Gasteiger partial charge on any atom is -0.469 e. The van der Waals surface area contributed by atoms with Crippen LogP contribution in [0.3, 0.4) is 0 Å². The molecular weight excluding hydrogens is 370 g/mol. The summed E-state index contributed by atoms with van der Waals surface area (Å²) in [6, 6.07) is 5.29. The minimum absolute atomic E-state index is 0.160. The average molecular weight is 389 g/mol. The van der Waals surface area contributed by atoms with Crippen molar-refractivity contribution in [3.8, 4) is 10.8 Å². The molecule has 0 N–H and O–H groups in total. The number of esters is 1. The predicted octanol–water partition coefficient (Wildman–Crippen LogP) is 3.30. The fourth-order valence-electron chi connectivity index (χ4n) is 2.44. The number of nitrogens with zero attached hydrogens (tertiary/aromatic N) is 3. The van der Waals surface area contributed by atoms with E-state index < -0.39 is 5.97 Å². The van der Waals surface area contributed by atoms with E-state index in [1.807, 2.05) is 24.4 Å². The Morgan fingerprint density at radius 3 is 2.81 bits per heavy atom. The lowest BCUT2D eigenvalue weighted by atomic mass is 10.3. The fourth-order valence-corrected chi connectivity index (χ4v) is 3.08. The largest absolute Gasteiger partial charge is 0.469 e. The number of rotatable bonds is 8. The summed E-state index contributed by atoms with van der Waals surface area (Å²) in [7, 11) is 0. The van der Waals surface area contributed by atoms with E-state index in [2.05, 4.69) is 10.2 Å². The molecule has 27 heavy (non-hydrogen) atoms. The van der Waals surface area contributed by atoms with Crippen molar-refractivity contribution in [3.63, 3.8) is 0 Å². The summed E-state index contributed by atoms with van der Waals surface area (Å²) in [5.74, 6) is 0.277. The number of aromatic nitrogens is 2. The first-order valence-electron chi connectivity index (χ1n) is 8.43. The molecule has 0 atom stereocenters. The van der Waals surface area contributed by atoms with Crippen LogP contribution >= 0.6 is 11.3 Å². The van der Waals surface area contributed by atoms with Crippen molar-refractivity contribution < 1.29 is 23.2 Å². The lowest BCUT2D eigenvalue weighted by Crippen LogP contribution is -2.35. The number of carbonyl (C=O) groups is 2. The monoisotopic (exact) mass is 389 g/mol.